The Balaban J connectivity index is 2.50. The van der Waals surface area contributed by atoms with Crippen LogP contribution in [0.15, 0.2) is 23.6 Å². The fourth-order valence-electron chi connectivity index (χ4n) is 1.60. The van der Waals surface area contributed by atoms with Crippen molar-refractivity contribution >= 4 is 17.7 Å². The Morgan fingerprint density at radius 1 is 1.61 bits per heavy atom. The van der Waals surface area contributed by atoms with Gasteiger partial charge in [-0.1, -0.05) is 0 Å². The highest BCUT2D eigenvalue weighted by molar-refractivity contribution is 7.99. The van der Waals surface area contributed by atoms with E-state index >= 15 is 0 Å². The number of carboxylic acid groups (broad SMARTS) is 1. The van der Waals surface area contributed by atoms with Crippen LogP contribution in [0, 0.1) is 0 Å². The van der Waals surface area contributed by atoms with Gasteiger partial charge < -0.3 is 5.11 Å². The summed E-state index contributed by atoms with van der Waals surface area (Å²) in [7, 11) is 0. The average Bonchev–Trinajstić information content (AvgIpc) is 2.29. The zero-order chi connectivity index (χ0) is 13.6. The third kappa shape index (κ3) is 4.62. The number of nitrogens with one attached hydrogen (secondary N) is 1. The molecule has 0 fully saturated rings. The van der Waals surface area contributed by atoms with E-state index in [2.05, 4.69) is 15.3 Å². The van der Waals surface area contributed by atoms with Gasteiger partial charge in [0.05, 0.1) is 5.03 Å². The normalized spacial score (nSPS) is 14.4. The smallest absolute Gasteiger partial charge is 0.323 e. The van der Waals surface area contributed by atoms with E-state index in [-0.39, 0.29) is 6.04 Å². The highest BCUT2D eigenvalue weighted by Crippen LogP contribution is 2.20. The highest BCUT2D eigenvalue weighted by atomic mass is 32.2. The minimum Gasteiger partial charge on any atom is -0.480 e. The van der Waals surface area contributed by atoms with Gasteiger partial charge in [0.1, 0.15) is 11.9 Å². The van der Waals surface area contributed by atoms with Crippen LogP contribution in [0.5, 0.6) is 0 Å². The minimum absolute atomic E-state index is 0.134. The van der Waals surface area contributed by atoms with Crippen LogP contribution in [-0.4, -0.2) is 38.4 Å². The molecule has 0 aliphatic heterocycles. The van der Waals surface area contributed by atoms with Crippen molar-refractivity contribution in [2.24, 2.45) is 0 Å². The molecular weight excluding hydrogens is 250 g/mol. The zero-order valence-corrected chi connectivity index (χ0v) is 11.7. The summed E-state index contributed by atoms with van der Waals surface area (Å²) in [5.41, 5.74) is -0.895. The van der Waals surface area contributed by atoms with Crippen LogP contribution < -0.4 is 5.32 Å². The predicted octanol–water partition coefficient (Wildman–Crippen LogP) is 1.80. The third-order valence-electron chi connectivity index (χ3n) is 2.49. The Labute approximate surface area is 111 Å². The van der Waals surface area contributed by atoms with Crippen LogP contribution in [0.2, 0.25) is 0 Å². The van der Waals surface area contributed by atoms with E-state index in [4.69, 9.17) is 0 Å². The molecule has 0 aliphatic carbocycles. The fourth-order valence-corrected chi connectivity index (χ4v) is 2.60. The molecule has 0 aliphatic rings. The molecule has 1 aromatic heterocycles. The first-order valence-electron chi connectivity index (χ1n) is 5.84. The maximum atomic E-state index is 11.3. The Morgan fingerprint density at radius 3 is 2.83 bits per heavy atom. The topological polar surface area (TPSA) is 75.1 Å². The van der Waals surface area contributed by atoms with Crippen LogP contribution in [0.1, 0.15) is 27.2 Å². The van der Waals surface area contributed by atoms with Crippen LogP contribution >= 0.6 is 11.8 Å². The Kier molecular flexibility index (Phi) is 5.55. The van der Waals surface area contributed by atoms with Crippen molar-refractivity contribution in [3.8, 4) is 0 Å². The van der Waals surface area contributed by atoms with Gasteiger partial charge in [-0.25, -0.2) is 9.97 Å². The van der Waals surface area contributed by atoms with E-state index in [0.717, 1.165) is 5.03 Å². The van der Waals surface area contributed by atoms with E-state index in [9.17, 15) is 9.90 Å². The molecule has 1 unspecified atom stereocenters. The number of carboxylic acids is 1. The summed E-state index contributed by atoms with van der Waals surface area (Å²) in [4.78, 5) is 19.2. The number of rotatable bonds is 7. The van der Waals surface area contributed by atoms with Crippen molar-refractivity contribution in [3.05, 3.63) is 18.6 Å². The van der Waals surface area contributed by atoms with E-state index < -0.39 is 11.5 Å². The molecule has 5 nitrogen and oxygen atoms in total. The Bertz CT molecular complexity index is 386. The summed E-state index contributed by atoms with van der Waals surface area (Å²) < 4.78 is 0. The fraction of sp³-hybridized carbons (Fsp3) is 0.583. The lowest BCUT2D eigenvalue weighted by Crippen LogP contribution is -2.52. The molecule has 100 valence electrons. The van der Waals surface area contributed by atoms with E-state index in [0.29, 0.717) is 12.2 Å². The van der Waals surface area contributed by atoms with Crippen molar-refractivity contribution in [2.75, 3.05) is 5.75 Å². The van der Waals surface area contributed by atoms with Crippen LogP contribution in [0.25, 0.3) is 0 Å². The van der Waals surface area contributed by atoms with Gasteiger partial charge in [0.25, 0.3) is 0 Å². The van der Waals surface area contributed by atoms with Crippen LogP contribution in [-0.2, 0) is 4.79 Å². The quantitative estimate of drug-likeness (QED) is 0.581. The maximum absolute atomic E-state index is 11.3. The summed E-state index contributed by atoms with van der Waals surface area (Å²) in [6, 6.07) is 1.95. The van der Waals surface area contributed by atoms with Crippen molar-refractivity contribution in [2.45, 2.75) is 43.8 Å². The number of thioether (sulfide) groups is 1. The number of hydrogen-bond donors (Lipinski definition) is 2. The molecule has 0 aromatic carbocycles. The summed E-state index contributed by atoms with van der Waals surface area (Å²) in [5, 5.41) is 13.2. The molecule has 0 spiro atoms. The molecule has 1 heterocycles. The lowest BCUT2D eigenvalue weighted by molar-refractivity contribution is -0.144. The van der Waals surface area contributed by atoms with Gasteiger partial charge in [0, 0.05) is 18.0 Å². The summed E-state index contributed by atoms with van der Waals surface area (Å²) >= 11 is 1.54. The number of nitrogens with zero attached hydrogens (tertiary/aromatic N) is 2. The molecule has 6 heteroatoms. The molecule has 1 atom stereocenters. The Morgan fingerprint density at radius 2 is 2.33 bits per heavy atom. The molecule has 0 saturated heterocycles. The SMILES string of the molecule is CC(C)NC(C)(CCSc1ccncn1)C(=O)O. The second kappa shape index (κ2) is 6.70. The second-order valence-electron chi connectivity index (χ2n) is 4.58. The van der Waals surface area contributed by atoms with Gasteiger partial charge in [-0.15, -0.1) is 11.8 Å². The first-order chi connectivity index (χ1) is 8.44. The molecule has 18 heavy (non-hydrogen) atoms. The monoisotopic (exact) mass is 269 g/mol. The largest absolute Gasteiger partial charge is 0.480 e. The van der Waals surface area contributed by atoms with Gasteiger partial charge in [-0.05, 0) is 33.3 Å². The summed E-state index contributed by atoms with van der Waals surface area (Å²) in [6.45, 7) is 5.60. The van der Waals surface area contributed by atoms with Gasteiger partial charge in [0.15, 0.2) is 0 Å². The molecule has 0 radical (unpaired) electrons. The molecule has 0 amide bonds. The highest BCUT2D eigenvalue weighted by Gasteiger charge is 2.32. The first-order valence-corrected chi connectivity index (χ1v) is 6.82. The second-order valence-corrected chi connectivity index (χ2v) is 5.70. The summed E-state index contributed by atoms with van der Waals surface area (Å²) in [6.07, 6.45) is 3.71. The molecular formula is C12H19N3O2S. The molecule has 1 rings (SSSR count). The maximum Gasteiger partial charge on any atom is 0.323 e. The lowest BCUT2D eigenvalue weighted by Gasteiger charge is -2.28. The Hall–Kier alpha value is -1.14. The van der Waals surface area contributed by atoms with Gasteiger partial charge in [-0.3, -0.25) is 10.1 Å². The average molecular weight is 269 g/mol. The van der Waals surface area contributed by atoms with Crippen LogP contribution in [0.3, 0.4) is 0 Å². The van der Waals surface area contributed by atoms with Crippen molar-refractivity contribution in [3.63, 3.8) is 0 Å². The van der Waals surface area contributed by atoms with Crippen molar-refractivity contribution in [1.29, 1.82) is 0 Å². The van der Waals surface area contributed by atoms with E-state index in [1.165, 1.54) is 18.1 Å². The number of aromatic nitrogens is 2. The molecule has 1 aromatic rings. The van der Waals surface area contributed by atoms with Gasteiger partial charge >= 0.3 is 5.97 Å². The van der Waals surface area contributed by atoms with Gasteiger partial charge in [-0.2, -0.15) is 0 Å². The number of hydrogen-bond acceptors (Lipinski definition) is 5. The van der Waals surface area contributed by atoms with Gasteiger partial charge in [0.2, 0.25) is 0 Å². The van der Waals surface area contributed by atoms with Crippen molar-refractivity contribution < 1.29 is 9.90 Å². The molecule has 0 bridgehead atoms. The number of aliphatic carboxylic acids is 1. The predicted molar refractivity (Wildman–Crippen MR) is 71.7 cm³/mol. The molecule has 0 saturated carbocycles. The number of carbonyl (C=O) groups is 1. The zero-order valence-electron chi connectivity index (χ0n) is 10.9. The van der Waals surface area contributed by atoms with E-state index in [1.807, 2.05) is 19.9 Å². The first kappa shape index (κ1) is 14.9. The molecule has 2 N–H and O–H groups in total. The van der Waals surface area contributed by atoms with Crippen molar-refractivity contribution in [1.82, 2.24) is 15.3 Å². The van der Waals surface area contributed by atoms with E-state index in [1.54, 1.807) is 13.1 Å². The lowest BCUT2D eigenvalue weighted by atomic mass is 9.98. The summed E-state index contributed by atoms with van der Waals surface area (Å²) in [5.74, 6) is -0.126. The van der Waals surface area contributed by atoms with Crippen LogP contribution in [0.4, 0.5) is 0 Å². The minimum atomic E-state index is -0.895. The standard InChI is InChI=1S/C12H19N3O2S/c1-9(2)15-12(3,11(16)17)5-7-18-10-4-6-13-8-14-10/h4,6,8-9,15H,5,7H2,1-3H3,(H,16,17). The third-order valence-corrected chi connectivity index (χ3v) is 3.43.